The highest BCUT2D eigenvalue weighted by Gasteiger charge is 2.16. The second kappa shape index (κ2) is 11.8. The number of nitrogens with two attached hydrogens (primary N) is 1. The van der Waals surface area contributed by atoms with Gasteiger partial charge < -0.3 is 25.4 Å². The van der Waals surface area contributed by atoms with Crippen molar-refractivity contribution in [3.63, 3.8) is 0 Å². The van der Waals surface area contributed by atoms with Gasteiger partial charge in [-0.2, -0.15) is 0 Å². The second-order valence-corrected chi connectivity index (χ2v) is 8.69. The van der Waals surface area contributed by atoms with Crippen LogP contribution in [0.4, 0.5) is 11.4 Å². The van der Waals surface area contributed by atoms with Crippen molar-refractivity contribution in [3.8, 4) is 11.6 Å². The van der Waals surface area contributed by atoms with Crippen molar-refractivity contribution in [1.82, 2.24) is 14.9 Å². The number of aromatic nitrogens is 2. The average molecular weight is 517 g/mol. The fourth-order valence-corrected chi connectivity index (χ4v) is 3.58. The number of methoxy groups -OCH3 is 1. The number of anilines is 2. The molecule has 1 aromatic carbocycles. The zero-order valence-corrected chi connectivity index (χ0v) is 21.1. The molecule has 0 aliphatic carbocycles. The predicted molar refractivity (Wildman–Crippen MR) is 138 cm³/mol. The summed E-state index contributed by atoms with van der Waals surface area (Å²) in [6.45, 7) is 0.709. The van der Waals surface area contributed by atoms with Crippen LogP contribution in [0.1, 0.15) is 23.1 Å². The molecular formula is C24H26Cl2N6O3. The standard InChI is InChI=1S/C24H26Cl2N6O3/c1-32(2)7-6-22(33)31-21-8-14(10-30-24(21)34-3)23(28)16-9-15(4-5-20(16)27)35-13-17-18(25)11-29-12-19(17)26/h4-5,8-12,28H,6-7,13,27H2,1-3H3,(H,31,33). The Labute approximate surface area is 213 Å². The van der Waals surface area contributed by atoms with E-state index < -0.39 is 0 Å². The zero-order chi connectivity index (χ0) is 25.5. The summed E-state index contributed by atoms with van der Waals surface area (Å²) in [5.41, 5.74) is 8.50. The smallest absolute Gasteiger partial charge is 0.237 e. The van der Waals surface area contributed by atoms with Crippen LogP contribution >= 0.6 is 23.2 Å². The molecule has 9 nitrogen and oxygen atoms in total. The van der Waals surface area contributed by atoms with Gasteiger partial charge in [0.15, 0.2) is 0 Å². The summed E-state index contributed by atoms with van der Waals surface area (Å²) in [6, 6.07) is 6.62. The number of pyridine rings is 2. The molecule has 11 heteroatoms. The van der Waals surface area contributed by atoms with Crippen molar-refractivity contribution in [2.75, 3.05) is 38.8 Å². The summed E-state index contributed by atoms with van der Waals surface area (Å²) in [5, 5.41) is 12.3. The van der Waals surface area contributed by atoms with Gasteiger partial charge in [0.1, 0.15) is 18.0 Å². The summed E-state index contributed by atoms with van der Waals surface area (Å²) in [6.07, 6.45) is 4.77. The molecule has 4 N–H and O–H groups in total. The van der Waals surface area contributed by atoms with Gasteiger partial charge in [0, 0.05) is 53.9 Å². The monoisotopic (exact) mass is 516 g/mol. The van der Waals surface area contributed by atoms with Gasteiger partial charge in [0.25, 0.3) is 0 Å². The first-order valence-electron chi connectivity index (χ1n) is 10.6. The van der Waals surface area contributed by atoms with Crippen LogP contribution in [0.5, 0.6) is 11.6 Å². The van der Waals surface area contributed by atoms with Crippen molar-refractivity contribution in [2.24, 2.45) is 0 Å². The molecule has 3 rings (SSSR count). The molecule has 0 saturated heterocycles. The Morgan fingerprint density at radius 2 is 1.89 bits per heavy atom. The van der Waals surface area contributed by atoms with E-state index in [-0.39, 0.29) is 24.1 Å². The maximum absolute atomic E-state index is 12.3. The van der Waals surface area contributed by atoms with Crippen LogP contribution in [-0.2, 0) is 11.4 Å². The molecule has 0 atom stereocenters. The van der Waals surface area contributed by atoms with Crippen molar-refractivity contribution >= 4 is 46.2 Å². The molecule has 0 aliphatic heterocycles. The molecule has 0 radical (unpaired) electrons. The highest BCUT2D eigenvalue weighted by Crippen LogP contribution is 2.29. The SMILES string of the molecule is COc1ncc(C(=N)c2cc(OCc3c(Cl)cncc3Cl)ccc2N)cc1NC(=O)CCN(C)C. The molecule has 2 aromatic heterocycles. The van der Waals surface area contributed by atoms with Gasteiger partial charge in [-0.25, -0.2) is 4.98 Å². The minimum Gasteiger partial charge on any atom is -0.489 e. The predicted octanol–water partition coefficient (Wildman–Crippen LogP) is 4.26. The number of hydrogen-bond donors (Lipinski definition) is 3. The maximum atomic E-state index is 12.3. The fraction of sp³-hybridized carbons (Fsp3) is 0.250. The van der Waals surface area contributed by atoms with Crippen molar-refractivity contribution in [2.45, 2.75) is 13.0 Å². The number of hydrogen-bond acceptors (Lipinski definition) is 8. The third-order valence-electron chi connectivity index (χ3n) is 5.02. The Morgan fingerprint density at radius 3 is 2.54 bits per heavy atom. The number of nitrogens with one attached hydrogen (secondary N) is 2. The summed E-state index contributed by atoms with van der Waals surface area (Å²) in [7, 11) is 5.24. The van der Waals surface area contributed by atoms with E-state index in [1.54, 1.807) is 24.3 Å². The summed E-state index contributed by atoms with van der Waals surface area (Å²) >= 11 is 12.3. The average Bonchev–Trinajstić information content (AvgIpc) is 2.83. The first-order valence-corrected chi connectivity index (χ1v) is 11.3. The Bertz CT molecular complexity index is 1220. The number of ether oxygens (including phenoxy) is 2. The molecule has 184 valence electrons. The lowest BCUT2D eigenvalue weighted by Crippen LogP contribution is -2.21. The van der Waals surface area contributed by atoms with Crippen LogP contribution in [0.25, 0.3) is 0 Å². The van der Waals surface area contributed by atoms with Crippen LogP contribution in [0.3, 0.4) is 0 Å². The molecule has 0 saturated carbocycles. The third kappa shape index (κ3) is 6.82. The summed E-state index contributed by atoms with van der Waals surface area (Å²) < 4.78 is 11.1. The van der Waals surface area contributed by atoms with E-state index in [9.17, 15) is 4.79 Å². The molecule has 0 bridgehead atoms. The van der Waals surface area contributed by atoms with Gasteiger partial charge in [-0.05, 0) is 38.4 Å². The number of amides is 1. The first kappa shape index (κ1) is 26.2. The van der Waals surface area contributed by atoms with E-state index in [4.69, 9.17) is 43.8 Å². The number of nitrogen functional groups attached to an aromatic ring is 1. The zero-order valence-electron chi connectivity index (χ0n) is 19.6. The lowest BCUT2D eigenvalue weighted by Gasteiger charge is -2.15. The van der Waals surface area contributed by atoms with Gasteiger partial charge in [0.2, 0.25) is 11.8 Å². The Morgan fingerprint density at radius 1 is 1.17 bits per heavy atom. The summed E-state index contributed by atoms with van der Waals surface area (Å²) in [5.74, 6) is 0.531. The molecule has 0 aliphatic rings. The highest BCUT2D eigenvalue weighted by atomic mass is 35.5. The molecule has 0 unspecified atom stereocenters. The number of halogens is 2. The fourth-order valence-electron chi connectivity index (χ4n) is 3.11. The molecule has 0 spiro atoms. The van der Waals surface area contributed by atoms with Crippen LogP contribution in [0, 0.1) is 5.41 Å². The second-order valence-electron chi connectivity index (χ2n) is 7.88. The van der Waals surface area contributed by atoms with Crippen LogP contribution in [0.2, 0.25) is 10.0 Å². The van der Waals surface area contributed by atoms with E-state index in [1.807, 2.05) is 19.0 Å². The molecule has 35 heavy (non-hydrogen) atoms. The van der Waals surface area contributed by atoms with Crippen molar-refractivity contribution in [3.05, 3.63) is 69.6 Å². The van der Waals surface area contributed by atoms with Crippen LogP contribution in [-0.4, -0.2) is 54.2 Å². The molecule has 3 aromatic rings. The minimum absolute atomic E-state index is 0.104. The Hall–Kier alpha value is -3.40. The van der Waals surface area contributed by atoms with E-state index in [1.165, 1.54) is 25.7 Å². The lowest BCUT2D eigenvalue weighted by atomic mass is 10.0. The lowest BCUT2D eigenvalue weighted by molar-refractivity contribution is -0.116. The largest absolute Gasteiger partial charge is 0.489 e. The molecule has 0 fully saturated rings. The molecule has 1 amide bonds. The topological polar surface area (TPSA) is 126 Å². The number of rotatable bonds is 10. The van der Waals surface area contributed by atoms with Crippen molar-refractivity contribution < 1.29 is 14.3 Å². The Kier molecular flexibility index (Phi) is 8.86. The quantitative estimate of drug-likeness (QED) is 0.271. The Balaban J connectivity index is 1.82. The normalized spacial score (nSPS) is 10.8. The van der Waals surface area contributed by atoms with Gasteiger partial charge in [0.05, 0.1) is 22.9 Å². The number of benzene rings is 1. The number of carbonyl (C=O) groups is 1. The van der Waals surface area contributed by atoms with E-state index in [2.05, 4.69) is 15.3 Å². The van der Waals surface area contributed by atoms with Gasteiger partial charge in [-0.1, -0.05) is 23.2 Å². The third-order valence-corrected chi connectivity index (χ3v) is 5.67. The van der Waals surface area contributed by atoms with E-state index in [0.717, 1.165) is 0 Å². The maximum Gasteiger partial charge on any atom is 0.237 e. The van der Waals surface area contributed by atoms with Crippen LogP contribution < -0.4 is 20.5 Å². The van der Waals surface area contributed by atoms with Gasteiger partial charge >= 0.3 is 0 Å². The number of nitrogens with zero attached hydrogens (tertiary/aromatic N) is 3. The van der Waals surface area contributed by atoms with E-state index in [0.29, 0.717) is 56.8 Å². The highest BCUT2D eigenvalue weighted by molar-refractivity contribution is 6.35. The van der Waals surface area contributed by atoms with Crippen LogP contribution in [0.15, 0.2) is 42.9 Å². The minimum atomic E-state index is -0.189. The first-order chi connectivity index (χ1) is 16.7. The summed E-state index contributed by atoms with van der Waals surface area (Å²) in [4.78, 5) is 22.4. The molecule has 2 heterocycles. The van der Waals surface area contributed by atoms with Gasteiger partial charge in [-0.15, -0.1) is 0 Å². The number of carbonyl (C=O) groups excluding carboxylic acids is 1. The van der Waals surface area contributed by atoms with Gasteiger partial charge in [-0.3, -0.25) is 15.2 Å². The van der Waals surface area contributed by atoms with E-state index >= 15 is 0 Å². The molecular weight excluding hydrogens is 491 g/mol. The van der Waals surface area contributed by atoms with Crippen molar-refractivity contribution in [1.29, 1.82) is 5.41 Å².